The first-order chi connectivity index (χ1) is 27.3. The molecule has 4 heterocycles. The van der Waals surface area contributed by atoms with Gasteiger partial charge in [-0.3, -0.25) is 24.1 Å². The van der Waals surface area contributed by atoms with Gasteiger partial charge in [-0.2, -0.15) is 0 Å². The lowest BCUT2D eigenvalue weighted by molar-refractivity contribution is -0.296. The summed E-state index contributed by atoms with van der Waals surface area (Å²) in [4.78, 5) is 74.3. The number of carbonyl (C=O) groups excluding carboxylic acids is 5. The third kappa shape index (κ3) is 9.20. The molecule has 2 bridgehead atoms. The van der Waals surface area contributed by atoms with E-state index in [0.717, 1.165) is 15.7 Å². The van der Waals surface area contributed by atoms with E-state index in [2.05, 4.69) is 10.9 Å². The van der Waals surface area contributed by atoms with Gasteiger partial charge in [-0.25, -0.2) is 14.3 Å². The normalized spacial score (nSPS) is 34.8. The van der Waals surface area contributed by atoms with Crippen molar-refractivity contribution in [1.82, 2.24) is 14.5 Å². The monoisotopic (exact) mass is 805 g/mol. The summed E-state index contributed by atoms with van der Waals surface area (Å²) in [5.41, 5.74) is -1.77. The van der Waals surface area contributed by atoms with Crippen LogP contribution in [-0.4, -0.2) is 111 Å². The minimum Gasteiger partial charge on any atom is -0.507 e. The van der Waals surface area contributed by atoms with Crippen LogP contribution in [0.5, 0.6) is 0 Å². The molecule has 5 rings (SSSR count). The number of hydrogen-bond donors (Lipinski definition) is 1. The number of fused-ring (bicyclic) bond motifs is 2. The zero-order valence-corrected chi connectivity index (χ0v) is 34.6. The van der Waals surface area contributed by atoms with Crippen LogP contribution in [0.2, 0.25) is 0 Å². The van der Waals surface area contributed by atoms with Gasteiger partial charge in [0.05, 0.1) is 30.5 Å². The minimum atomic E-state index is -2.05. The summed E-state index contributed by atoms with van der Waals surface area (Å²) < 4.78 is 38.2. The van der Waals surface area contributed by atoms with Crippen LogP contribution in [0, 0.1) is 30.1 Å². The Kier molecular flexibility index (Phi) is 13.7. The van der Waals surface area contributed by atoms with Crippen molar-refractivity contribution in [3.8, 4) is 12.3 Å². The largest absolute Gasteiger partial charge is 0.507 e. The van der Waals surface area contributed by atoms with E-state index in [-0.39, 0.29) is 31.1 Å². The van der Waals surface area contributed by atoms with Crippen LogP contribution >= 0.6 is 0 Å². The van der Waals surface area contributed by atoms with Crippen LogP contribution in [0.3, 0.4) is 0 Å². The van der Waals surface area contributed by atoms with Gasteiger partial charge < -0.3 is 33.5 Å². The van der Waals surface area contributed by atoms with Crippen molar-refractivity contribution in [2.45, 2.75) is 129 Å². The molecule has 0 unspecified atom stereocenters. The highest BCUT2D eigenvalue weighted by atomic mass is 16.7. The maximum absolute atomic E-state index is 14.4. The molecule has 2 saturated heterocycles. The Bertz CT molecular complexity index is 1920. The van der Waals surface area contributed by atoms with Crippen LogP contribution in [0.15, 0.2) is 54.3 Å². The van der Waals surface area contributed by atoms with E-state index in [1.807, 2.05) is 43.1 Å². The summed E-state index contributed by atoms with van der Waals surface area (Å²) in [6.07, 6.45) is 4.05. The summed E-state index contributed by atoms with van der Waals surface area (Å²) >= 11 is 0. The molecule has 3 aliphatic rings. The first kappa shape index (κ1) is 44.2. The summed E-state index contributed by atoms with van der Waals surface area (Å²) in [5.74, 6) is -3.83. The van der Waals surface area contributed by atoms with Crippen molar-refractivity contribution >= 4 is 29.6 Å². The Morgan fingerprint density at radius 2 is 1.83 bits per heavy atom. The summed E-state index contributed by atoms with van der Waals surface area (Å²) in [6.45, 7) is 12.7. The first-order valence-electron chi connectivity index (χ1n) is 19.6. The van der Waals surface area contributed by atoms with Crippen molar-refractivity contribution < 1.29 is 57.5 Å². The number of ketones is 2. The molecule has 1 N–H and O–H groups in total. The highest BCUT2D eigenvalue weighted by molar-refractivity contribution is 6.00. The molecule has 2 aromatic rings. The number of aliphatic hydroxyl groups excluding tert-OH is 1. The van der Waals surface area contributed by atoms with E-state index in [9.17, 15) is 29.1 Å². The highest BCUT2D eigenvalue weighted by Crippen LogP contribution is 2.43. The zero-order valence-electron chi connectivity index (χ0n) is 34.6. The molecule has 0 aliphatic carbocycles. The summed E-state index contributed by atoms with van der Waals surface area (Å²) in [5, 5.41) is 11.8. The van der Waals surface area contributed by atoms with E-state index in [1.54, 1.807) is 20.8 Å². The molecule has 15 heteroatoms. The minimum absolute atomic E-state index is 0.0262. The molecule has 0 radical (unpaired) electrons. The number of likely N-dealkylation sites (N-methyl/N-ethyl adjacent to an activating group) is 1. The number of cyclic esters (lactones) is 1. The molecule has 15 nitrogen and oxygen atoms in total. The predicted molar refractivity (Wildman–Crippen MR) is 208 cm³/mol. The number of nitrogens with zero attached hydrogens (tertiary/aromatic N) is 3. The van der Waals surface area contributed by atoms with Crippen molar-refractivity contribution in [3.63, 3.8) is 0 Å². The van der Waals surface area contributed by atoms with Crippen LogP contribution in [0.25, 0.3) is 0 Å². The number of terminal acetylenes is 1. The number of benzene rings is 1. The lowest BCUT2D eigenvalue weighted by Crippen LogP contribution is -2.60. The van der Waals surface area contributed by atoms with Gasteiger partial charge in [0, 0.05) is 48.8 Å². The number of allylic oxidation sites excluding steroid dienone is 1. The number of aromatic nitrogens is 2. The smallest absolute Gasteiger partial charge is 0.420 e. The molecule has 1 aromatic heterocycles. The Balaban J connectivity index is 1.52. The predicted octanol–water partition coefficient (Wildman–Crippen LogP) is 4.93. The molecule has 314 valence electrons. The summed E-state index contributed by atoms with van der Waals surface area (Å²) in [6, 6.07) is 7.18. The molecule has 1 aromatic carbocycles. The lowest BCUT2D eigenvalue weighted by atomic mass is 9.78. The number of ether oxygens (including phenoxy) is 6. The number of imidazole rings is 1. The van der Waals surface area contributed by atoms with Crippen molar-refractivity contribution in [2.24, 2.45) is 17.8 Å². The fraction of sp³-hybridized carbons (Fsp3) is 0.581. The molecule has 0 spiro atoms. The third-order valence-corrected chi connectivity index (χ3v) is 11.7. The average Bonchev–Trinajstić information content (AvgIpc) is 3.89. The van der Waals surface area contributed by atoms with Gasteiger partial charge in [0.25, 0.3) is 0 Å². The second-order valence-corrected chi connectivity index (χ2v) is 16.1. The van der Waals surface area contributed by atoms with Gasteiger partial charge in [-0.05, 0) is 78.6 Å². The second kappa shape index (κ2) is 17.9. The van der Waals surface area contributed by atoms with Gasteiger partial charge in [-0.15, -0.1) is 6.42 Å². The molecule has 0 amide bonds. The highest BCUT2D eigenvalue weighted by Gasteiger charge is 2.55. The van der Waals surface area contributed by atoms with E-state index in [4.69, 9.17) is 34.8 Å². The summed E-state index contributed by atoms with van der Waals surface area (Å²) in [7, 11) is 1.91. The Labute approximate surface area is 339 Å². The van der Waals surface area contributed by atoms with Gasteiger partial charge in [0.2, 0.25) is 5.60 Å². The van der Waals surface area contributed by atoms with Crippen molar-refractivity contribution in [1.29, 1.82) is 0 Å². The number of rotatable bonds is 8. The third-order valence-electron chi connectivity index (χ3n) is 11.7. The van der Waals surface area contributed by atoms with Gasteiger partial charge in [0.15, 0.2) is 24.0 Å². The van der Waals surface area contributed by atoms with Crippen LogP contribution in [0.1, 0.15) is 85.8 Å². The number of hydrogen-bond acceptors (Lipinski definition) is 14. The lowest BCUT2D eigenvalue weighted by Gasteiger charge is -2.47. The van der Waals surface area contributed by atoms with E-state index >= 15 is 0 Å². The number of aliphatic hydroxyl groups is 1. The molecular weight excluding hydrogens is 750 g/mol. The van der Waals surface area contributed by atoms with E-state index < -0.39 is 95.0 Å². The van der Waals surface area contributed by atoms with Crippen LogP contribution in [0.4, 0.5) is 4.79 Å². The van der Waals surface area contributed by atoms with E-state index in [1.165, 1.54) is 46.4 Å². The maximum atomic E-state index is 14.4. The first-order valence-corrected chi connectivity index (χ1v) is 19.6. The molecule has 2 fully saturated rings. The molecule has 11 atom stereocenters. The van der Waals surface area contributed by atoms with Crippen molar-refractivity contribution in [2.75, 3.05) is 13.7 Å². The standard InChI is InChI=1S/C43H55N3O12/c1-11-29-13-15-30(16-14-29)21-45(10)32-19-24(3)54-40(36(32)55-28(7)47)57-38-26(5)34(48)27(6)39(51)56-33(12-2)43(9,58-41(52)46-18-17-44-23-46)37(50)25(4)35(49)31-20-42(38,8)53-22-31/h1,13-18,23-24,26-27,31-33,36,38,40,50H,12,19-22H2,2-10H3/b37-25-/t24-,26+,27-,31+,32+,33-,36+,38-,40+,42-,43-/m1/s1. The van der Waals surface area contributed by atoms with Gasteiger partial charge in [0.1, 0.15) is 24.1 Å². The maximum Gasteiger partial charge on any atom is 0.420 e. The zero-order chi connectivity index (χ0) is 42.7. The van der Waals surface area contributed by atoms with Gasteiger partial charge >= 0.3 is 18.0 Å². The topological polar surface area (TPSA) is 182 Å². The molecule has 58 heavy (non-hydrogen) atoms. The quantitative estimate of drug-likeness (QED) is 0.164. The Hall–Kier alpha value is -4.88. The SMILES string of the molecule is C#Cc1ccc(CN(C)[C@H]2C[C@@H](C)O[C@@H](O[C@@H]3[C@@H](C)C(=O)[C@@H](C)C(=O)O[C@H](CC)[C@@](C)(OC(=O)n4ccnc4)/C(O)=C(\C)C(=O)[C@@H]4CO[C@]3(C)C4)[C@H]2OC(C)=O)cc1. The number of carbonyl (C=O) groups is 5. The fourth-order valence-corrected chi connectivity index (χ4v) is 8.35. The van der Waals surface area contributed by atoms with Crippen LogP contribution in [-0.2, 0) is 54.1 Å². The van der Waals surface area contributed by atoms with Crippen molar-refractivity contribution in [3.05, 3.63) is 65.4 Å². The molecule has 0 saturated carbocycles. The Morgan fingerprint density at radius 1 is 1.14 bits per heavy atom. The number of Topliss-reactive ketones (excluding diaryl/α,β-unsaturated/α-hetero) is 2. The number of esters is 2. The van der Waals surface area contributed by atoms with E-state index in [0.29, 0.717) is 13.0 Å². The van der Waals surface area contributed by atoms with Gasteiger partial charge in [-0.1, -0.05) is 31.9 Å². The Morgan fingerprint density at radius 3 is 2.43 bits per heavy atom. The van der Waals surface area contributed by atoms with Crippen LogP contribution < -0.4 is 0 Å². The fourth-order valence-electron chi connectivity index (χ4n) is 8.35. The average molecular weight is 806 g/mol. The second-order valence-electron chi connectivity index (χ2n) is 16.1. The molecular formula is C43H55N3O12. The molecule has 3 aliphatic heterocycles.